The topological polar surface area (TPSA) is 66.9 Å². The van der Waals surface area contributed by atoms with Crippen molar-refractivity contribution in [2.24, 2.45) is 0 Å². The van der Waals surface area contributed by atoms with Gasteiger partial charge in [0.05, 0.1) is 5.25 Å². The van der Waals surface area contributed by atoms with E-state index in [0.29, 0.717) is 5.92 Å². The summed E-state index contributed by atoms with van der Waals surface area (Å²) in [7, 11) is 0. The molecule has 1 aromatic heterocycles. The van der Waals surface area contributed by atoms with E-state index < -0.39 is 0 Å². The summed E-state index contributed by atoms with van der Waals surface area (Å²) in [4.78, 5) is 12.6. The summed E-state index contributed by atoms with van der Waals surface area (Å²) in [5.74, 6) is 0.397. The van der Waals surface area contributed by atoms with Crippen LogP contribution >= 0.6 is 23.1 Å². The molecular formula is C18H26N4OS2. The van der Waals surface area contributed by atoms with Crippen LogP contribution in [-0.2, 0) is 4.79 Å². The SMILES string of the molecule is CCCNc1nnc(SC(C)C(=O)Nc2ccccc2C(C)CC)s1. The normalized spacial score (nSPS) is 13.3. The predicted octanol–water partition coefficient (Wildman–Crippen LogP) is 4.99. The van der Waals surface area contributed by atoms with Crippen LogP contribution in [0.3, 0.4) is 0 Å². The van der Waals surface area contributed by atoms with Crippen LogP contribution in [0.2, 0.25) is 0 Å². The van der Waals surface area contributed by atoms with Crippen molar-refractivity contribution in [3.63, 3.8) is 0 Å². The number of hydrogen-bond donors (Lipinski definition) is 2. The summed E-state index contributed by atoms with van der Waals surface area (Å²) < 4.78 is 0.802. The lowest BCUT2D eigenvalue weighted by molar-refractivity contribution is -0.115. The number of nitrogens with zero attached hydrogens (tertiary/aromatic N) is 2. The van der Waals surface area contributed by atoms with Gasteiger partial charge in [0.2, 0.25) is 11.0 Å². The lowest BCUT2D eigenvalue weighted by Gasteiger charge is -2.17. The van der Waals surface area contributed by atoms with Crippen LogP contribution in [-0.4, -0.2) is 27.9 Å². The van der Waals surface area contributed by atoms with Crippen LogP contribution in [0, 0.1) is 0 Å². The third-order valence-corrected chi connectivity index (χ3v) is 6.01. The molecule has 0 radical (unpaired) electrons. The average molecular weight is 379 g/mol. The lowest BCUT2D eigenvalue weighted by atomic mass is 9.97. The van der Waals surface area contributed by atoms with Crippen molar-refractivity contribution in [2.45, 2.75) is 56.0 Å². The minimum absolute atomic E-state index is 0.0148. The Bertz CT molecular complexity index is 689. The van der Waals surface area contributed by atoms with Crippen LogP contribution in [0.1, 0.15) is 52.0 Å². The molecule has 2 unspecified atom stereocenters. The molecule has 0 aliphatic carbocycles. The number of hydrogen-bond acceptors (Lipinski definition) is 6. The Labute approximate surface area is 158 Å². The number of carbonyl (C=O) groups is 1. The maximum Gasteiger partial charge on any atom is 0.237 e. The van der Waals surface area contributed by atoms with E-state index >= 15 is 0 Å². The monoisotopic (exact) mass is 378 g/mol. The Morgan fingerprint density at radius 2 is 2.00 bits per heavy atom. The second-order valence-electron chi connectivity index (χ2n) is 5.95. The molecule has 7 heteroatoms. The molecule has 0 spiro atoms. The molecule has 0 aliphatic heterocycles. The molecule has 0 aliphatic rings. The van der Waals surface area contributed by atoms with E-state index in [0.717, 1.165) is 34.5 Å². The molecule has 0 saturated heterocycles. The van der Waals surface area contributed by atoms with Gasteiger partial charge in [0.15, 0.2) is 4.34 Å². The van der Waals surface area contributed by atoms with Crippen LogP contribution in [0.15, 0.2) is 28.6 Å². The van der Waals surface area contributed by atoms with Gasteiger partial charge in [0.1, 0.15) is 0 Å². The van der Waals surface area contributed by atoms with Crippen LogP contribution < -0.4 is 10.6 Å². The van der Waals surface area contributed by atoms with Gasteiger partial charge in [-0.15, -0.1) is 10.2 Å². The second-order valence-corrected chi connectivity index (χ2v) is 8.51. The van der Waals surface area contributed by atoms with Crippen molar-refractivity contribution >= 4 is 39.8 Å². The summed E-state index contributed by atoms with van der Waals surface area (Å²) in [5, 5.41) is 15.1. The van der Waals surface area contributed by atoms with Crippen LogP contribution in [0.4, 0.5) is 10.8 Å². The summed E-state index contributed by atoms with van der Waals surface area (Å²) in [6.45, 7) is 9.21. The molecule has 5 nitrogen and oxygen atoms in total. The summed E-state index contributed by atoms with van der Waals surface area (Å²) in [6.07, 6.45) is 2.08. The minimum atomic E-state index is -0.239. The van der Waals surface area contributed by atoms with Gasteiger partial charge in [-0.3, -0.25) is 4.79 Å². The predicted molar refractivity (Wildman–Crippen MR) is 108 cm³/mol. The first-order valence-corrected chi connectivity index (χ1v) is 10.4. The molecule has 2 atom stereocenters. The number of aromatic nitrogens is 2. The standard InChI is InChI=1S/C18H26N4OS2/c1-5-11-19-17-21-22-18(25-17)24-13(4)16(23)20-15-10-8-7-9-14(15)12(3)6-2/h7-10,12-13H,5-6,11H2,1-4H3,(H,19,21)(H,20,23). The maximum absolute atomic E-state index is 12.6. The first kappa shape index (κ1) is 19.7. The Hall–Kier alpha value is -1.60. The number of anilines is 2. The molecule has 25 heavy (non-hydrogen) atoms. The van der Waals surface area contributed by atoms with Crippen molar-refractivity contribution < 1.29 is 4.79 Å². The van der Waals surface area contributed by atoms with E-state index in [2.05, 4.69) is 47.7 Å². The fraction of sp³-hybridized carbons (Fsp3) is 0.500. The molecule has 1 amide bonds. The van der Waals surface area contributed by atoms with Gasteiger partial charge in [-0.05, 0) is 37.3 Å². The fourth-order valence-corrected chi connectivity index (χ4v) is 4.18. The largest absolute Gasteiger partial charge is 0.360 e. The Kier molecular flexibility index (Phi) is 7.71. The van der Waals surface area contributed by atoms with Crippen molar-refractivity contribution in [3.8, 4) is 0 Å². The molecule has 2 rings (SSSR count). The van der Waals surface area contributed by atoms with Gasteiger partial charge in [-0.25, -0.2) is 0 Å². The van der Waals surface area contributed by atoms with E-state index in [1.165, 1.54) is 28.7 Å². The smallest absolute Gasteiger partial charge is 0.237 e. The quantitative estimate of drug-likeness (QED) is 0.602. The number of carbonyl (C=O) groups excluding carboxylic acids is 1. The highest BCUT2D eigenvalue weighted by atomic mass is 32.2. The minimum Gasteiger partial charge on any atom is -0.360 e. The molecule has 0 saturated carbocycles. The summed E-state index contributed by atoms with van der Waals surface area (Å²) in [5.41, 5.74) is 2.08. The van der Waals surface area contributed by atoms with E-state index in [-0.39, 0.29) is 11.2 Å². The first-order chi connectivity index (χ1) is 12.0. The molecule has 0 fully saturated rings. The zero-order chi connectivity index (χ0) is 18.2. The Morgan fingerprint density at radius 3 is 2.72 bits per heavy atom. The van der Waals surface area contributed by atoms with Gasteiger partial charge >= 0.3 is 0 Å². The Balaban J connectivity index is 1.98. The Morgan fingerprint density at radius 1 is 1.24 bits per heavy atom. The van der Waals surface area contributed by atoms with E-state index in [1.807, 2.05) is 25.1 Å². The van der Waals surface area contributed by atoms with Gasteiger partial charge in [-0.2, -0.15) is 0 Å². The van der Waals surface area contributed by atoms with Crippen LogP contribution in [0.5, 0.6) is 0 Å². The number of nitrogens with one attached hydrogen (secondary N) is 2. The molecule has 0 bridgehead atoms. The molecule has 1 aromatic carbocycles. The third kappa shape index (κ3) is 5.71. The molecule has 2 N–H and O–H groups in total. The highest BCUT2D eigenvalue weighted by molar-refractivity contribution is 8.02. The number of amides is 1. The third-order valence-electron chi connectivity index (χ3n) is 3.94. The highest BCUT2D eigenvalue weighted by Crippen LogP contribution is 2.31. The van der Waals surface area contributed by atoms with Crippen molar-refractivity contribution in [3.05, 3.63) is 29.8 Å². The number of para-hydroxylation sites is 1. The van der Waals surface area contributed by atoms with E-state index in [4.69, 9.17) is 0 Å². The molecule has 2 aromatic rings. The fourth-order valence-electron chi connectivity index (χ4n) is 2.26. The number of rotatable bonds is 9. The van der Waals surface area contributed by atoms with Crippen LogP contribution in [0.25, 0.3) is 0 Å². The zero-order valence-corrected chi connectivity index (χ0v) is 16.8. The number of thioether (sulfide) groups is 1. The van der Waals surface area contributed by atoms with Gasteiger partial charge < -0.3 is 10.6 Å². The summed E-state index contributed by atoms with van der Waals surface area (Å²) in [6, 6.07) is 8.02. The molecular weight excluding hydrogens is 352 g/mol. The second kappa shape index (κ2) is 9.77. The molecule has 1 heterocycles. The molecule has 136 valence electrons. The van der Waals surface area contributed by atoms with Gasteiger partial charge in [0.25, 0.3) is 0 Å². The zero-order valence-electron chi connectivity index (χ0n) is 15.2. The van der Waals surface area contributed by atoms with Crippen molar-refractivity contribution in [1.29, 1.82) is 0 Å². The lowest BCUT2D eigenvalue weighted by Crippen LogP contribution is -2.23. The summed E-state index contributed by atoms with van der Waals surface area (Å²) >= 11 is 2.92. The maximum atomic E-state index is 12.6. The van der Waals surface area contributed by atoms with Crippen molar-refractivity contribution in [2.75, 3.05) is 17.2 Å². The average Bonchev–Trinajstić information content (AvgIpc) is 3.07. The van der Waals surface area contributed by atoms with Gasteiger partial charge in [0, 0.05) is 12.2 Å². The first-order valence-electron chi connectivity index (χ1n) is 8.68. The van der Waals surface area contributed by atoms with Crippen molar-refractivity contribution in [1.82, 2.24) is 10.2 Å². The van der Waals surface area contributed by atoms with E-state index in [9.17, 15) is 4.79 Å². The van der Waals surface area contributed by atoms with Gasteiger partial charge in [-0.1, -0.05) is 62.1 Å². The van der Waals surface area contributed by atoms with E-state index in [1.54, 1.807) is 0 Å². The number of benzene rings is 1. The highest BCUT2D eigenvalue weighted by Gasteiger charge is 2.19.